The molecule has 0 N–H and O–H groups in total. The molecule has 2 rings (SSSR count). The molecule has 98 valence electrons. The van der Waals surface area contributed by atoms with E-state index in [1.807, 2.05) is 25.1 Å². The van der Waals surface area contributed by atoms with Crippen LogP contribution in [-0.4, -0.2) is 8.42 Å². The van der Waals surface area contributed by atoms with Gasteiger partial charge in [-0.05, 0) is 24.6 Å². The molecular formula is C15H13ClO2S. The predicted molar refractivity (Wildman–Crippen MR) is 78.6 cm³/mol. The van der Waals surface area contributed by atoms with Crippen molar-refractivity contribution in [3.8, 4) is 0 Å². The Hall–Kier alpha value is -1.58. The van der Waals surface area contributed by atoms with Gasteiger partial charge in [-0.1, -0.05) is 59.6 Å². The van der Waals surface area contributed by atoms with E-state index in [2.05, 4.69) is 0 Å². The van der Waals surface area contributed by atoms with Crippen LogP contribution in [0.15, 0.2) is 64.9 Å². The third kappa shape index (κ3) is 3.46. The molecule has 0 spiro atoms. The highest BCUT2D eigenvalue weighted by molar-refractivity contribution is 7.94. The highest BCUT2D eigenvalue weighted by atomic mass is 35.5. The highest BCUT2D eigenvalue weighted by Gasteiger charge is 2.12. The Morgan fingerprint density at radius 2 is 1.58 bits per heavy atom. The molecule has 0 amide bonds. The molecule has 0 unspecified atom stereocenters. The van der Waals surface area contributed by atoms with Crippen LogP contribution in [0.25, 0.3) is 5.03 Å². The molecule has 0 aromatic heterocycles. The van der Waals surface area contributed by atoms with Crippen molar-refractivity contribution in [1.82, 2.24) is 0 Å². The fourth-order valence-corrected chi connectivity index (χ4v) is 3.14. The number of rotatable bonds is 3. The molecule has 0 saturated heterocycles. The lowest BCUT2D eigenvalue weighted by Crippen LogP contribution is -1.97. The molecular weight excluding hydrogens is 280 g/mol. The minimum absolute atomic E-state index is 0.209. The molecule has 2 nitrogen and oxygen atoms in total. The van der Waals surface area contributed by atoms with E-state index >= 15 is 0 Å². The van der Waals surface area contributed by atoms with Crippen LogP contribution in [-0.2, 0) is 9.84 Å². The van der Waals surface area contributed by atoms with Gasteiger partial charge in [-0.15, -0.1) is 0 Å². The molecule has 0 atom stereocenters. The molecule has 0 bridgehead atoms. The van der Waals surface area contributed by atoms with Crippen LogP contribution in [0.5, 0.6) is 0 Å². The molecule has 0 fully saturated rings. The number of halogens is 1. The van der Waals surface area contributed by atoms with Gasteiger partial charge in [0, 0.05) is 0 Å². The van der Waals surface area contributed by atoms with Crippen LogP contribution in [0.4, 0.5) is 0 Å². The largest absolute Gasteiger partial charge is 0.219 e. The van der Waals surface area contributed by atoms with Crippen molar-refractivity contribution in [2.75, 3.05) is 0 Å². The second-order valence-corrected chi connectivity index (χ2v) is 6.39. The molecule has 19 heavy (non-hydrogen) atoms. The average molecular weight is 293 g/mol. The van der Waals surface area contributed by atoms with Gasteiger partial charge < -0.3 is 0 Å². The molecule has 0 saturated carbocycles. The minimum atomic E-state index is -3.52. The standard InChI is InChI=1S/C15H13ClO2S/c1-12-7-9-14(10-8-12)19(17,18)11-15(16)13-5-3-2-4-6-13/h2-11H,1H3/b15-11+. The summed E-state index contributed by atoms with van der Waals surface area (Å²) < 4.78 is 24.3. The first-order valence-electron chi connectivity index (χ1n) is 5.73. The van der Waals surface area contributed by atoms with Crippen molar-refractivity contribution in [2.45, 2.75) is 11.8 Å². The van der Waals surface area contributed by atoms with Crippen LogP contribution < -0.4 is 0 Å². The van der Waals surface area contributed by atoms with Crippen LogP contribution in [0.2, 0.25) is 0 Å². The Morgan fingerprint density at radius 1 is 1.00 bits per heavy atom. The van der Waals surface area contributed by atoms with Gasteiger partial charge in [-0.2, -0.15) is 0 Å². The second-order valence-electron chi connectivity index (χ2n) is 4.19. The zero-order chi connectivity index (χ0) is 13.9. The molecule has 0 heterocycles. The van der Waals surface area contributed by atoms with E-state index in [0.29, 0.717) is 5.56 Å². The van der Waals surface area contributed by atoms with Gasteiger partial charge >= 0.3 is 0 Å². The van der Waals surface area contributed by atoms with Gasteiger partial charge in [0.25, 0.3) is 0 Å². The summed E-state index contributed by atoms with van der Waals surface area (Å²) in [4.78, 5) is 0.243. The lowest BCUT2D eigenvalue weighted by Gasteiger charge is -2.02. The normalized spacial score (nSPS) is 12.4. The number of hydrogen-bond acceptors (Lipinski definition) is 2. The third-order valence-electron chi connectivity index (χ3n) is 2.66. The maximum atomic E-state index is 12.2. The number of benzene rings is 2. The number of sulfone groups is 1. The summed E-state index contributed by atoms with van der Waals surface area (Å²) in [6.45, 7) is 1.91. The summed E-state index contributed by atoms with van der Waals surface area (Å²) in [7, 11) is -3.52. The van der Waals surface area contributed by atoms with E-state index in [1.54, 1.807) is 36.4 Å². The predicted octanol–water partition coefficient (Wildman–Crippen LogP) is 4.01. The van der Waals surface area contributed by atoms with Crippen molar-refractivity contribution in [1.29, 1.82) is 0 Å². The van der Waals surface area contributed by atoms with E-state index < -0.39 is 9.84 Å². The Labute approximate surface area is 118 Å². The van der Waals surface area contributed by atoms with Crippen molar-refractivity contribution in [2.24, 2.45) is 0 Å². The molecule has 4 heteroatoms. The first-order valence-corrected chi connectivity index (χ1v) is 7.66. The Balaban J connectivity index is 2.39. The van der Waals surface area contributed by atoms with Crippen molar-refractivity contribution in [3.63, 3.8) is 0 Å². The van der Waals surface area contributed by atoms with Gasteiger partial charge in [0.05, 0.1) is 15.3 Å². The Bertz CT molecular complexity index is 687. The van der Waals surface area contributed by atoms with E-state index in [-0.39, 0.29) is 9.93 Å². The molecule has 2 aromatic carbocycles. The van der Waals surface area contributed by atoms with Gasteiger partial charge in [-0.3, -0.25) is 0 Å². The fraction of sp³-hybridized carbons (Fsp3) is 0.0667. The van der Waals surface area contributed by atoms with Gasteiger partial charge in [0.2, 0.25) is 9.84 Å². The maximum Gasteiger partial charge on any atom is 0.201 e. The summed E-state index contributed by atoms with van der Waals surface area (Å²) >= 11 is 6.05. The summed E-state index contributed by atoms with van der Waals surface area (Å²) in [5.74, 6) is 0. The number of hydrogen-bond donors (Lipinski definition) is 0. The Morgan fingerprint density at radius 3 is 2.16 bits per heavy atom. The van der Waals surface area contributed by atoms with E-state index in [0.717, 1.165) is 11.0 Å². The van der Waals surface area contributed by atoms with E-state index in [9.17, 15) is 8.42 Å². The van der Waals surface area contributed by atoms with E-state index in [1.165, 1.54) is 0 Å². The SMILES string of the molecule is Cc1ccc(S(=O)(=O)/C=C(/Cl)c2ccccc2)cc1. The van der Waals surface area contributed by atoms with Gasteiger partial charge in [0.1, 0.15) is 0 Å². The molecule has 0 aliphatic carbocycles. The maximum absolute atomic E-state index is 12.2. The second kappa shape index (κ2) is 5.59. The van der Waals surface area contributed by atoms with Crippen LogP contribution in [0, 0.1) is 6.92 Å². The van der Waals surface area contributed by atoms with Crippen molar-refractivity contribution < 1.29 is 8.42 Å². The summed E-state index contributed by atoms with van der Waals surface area (Å²) in [6, 6.07) is 15.7. The zero-order valence-corrected chi connectivity index (χ0v) is 11.9. The topological polar surface area (TPSA) is 34.1 Å². The molecule has 0 aliphatic rings. The van der Waals surface area contributed by atoms with Gasteiger partial charge in [-0.25, -0.2) is 8.42 Å². The molecule has 0 aliphatic heterocycles. The van der Waals surface area contributed by atoms with Crippen molar-refractivity contribution in [3.05, 3.63) is 71.1 Å². The lowest BCUT2D eigenvalue weighted by molar-refractivity contribution is 0.605. The van der Waals surface area contributed by atoms with Gasteiger partial charge in [0.15, 0.2) is 0 Å². The smallest absolute Gasteiger partial charge is 0.201 e. The minimum Gasteiger partial charge on any atom is -0.219 e. The highest BCUT2D eigenvalue weighted by Crippen LogP contribution is 2.23. The van der Waals surface area contributed by atoms with Crippen LogP contribution >= 0.6 is 11.6 Å². The van der Waals surface area contributed by atoms with Crippen molar-refractivity contribution >= 4 is 26.5 Å². The summed E-state index contributed by atoms with van der Waals surface area (Å²) in [6.07, 6.45) is 0. The monoisotopic (exact) mass is 292 g/mol. The zero-order valence-electron chi connectivity index (χ0n) is 10.4. The van der Waals surface area contributed by atoms with E-state index in [4.69, 9.17) is 11.6 Å². The summed E-state index contributed by atoms with van der Waals surface area (Å²) in [5.41, 5.74) is 1.69. The van der Waals surface area contributed by atoms with Crippen LogP contribution in [0.1, 0.15) is 11.1 Å². The quantitative estimate of drug-likeness (QED) is 0.856. The Kier molecular flexibility index (Phi) is 4.08. The third-order valence-corrected chi connectivity index (χ3v) is 4.59. The number of aryl methyl sites for hydroxylation is 1. The fourth-order valence-electron chi connectivity index (χ4n) is 1.60. The summed E-state index contributed by atoms with van der Waals surface area (Å²) in [5, 5.41) is 1.30. The first kappa shape index (κ1) is 13.8. The molecule has 0 radical (unpaired) electrons. The van der Waals surface area contributed by atoms with Crippen LogP contribution in [0.3, 0.4) is 0 Å². The lowest BCUT2D eigenvalue weighted by atomic mass is 10.2. The first-order chi connectivity index (χ1) is 8.99. The molecule has 2 aromatic rings. The average Bonchev–Trinajstić information content (AvgIpc) is 2.40.